The fraction of sp³-hybridized carbons (Fsp3) is 0.0870. The molecule has 0 aromatic heterocycles. The van der Waals surface area contributed by atoms with Crippen LogP contribution in [0, 0.1) is 20.8 Å². The van der Waals surface area contributed by atoms with Crippen molar-refractivity contribution < 1.29 is 5.11 Å². The van der Waals surface area contributed by atoms with Gasteiger partial charge in [-0.2, -0.15) is 0 Å². The minimum atomic E-state index is -1.32. The third kappa shape index (κ3) is 5.10. The first-order chi connectivity index (χ1) is 22.9. The lowest BCUT2D eigenvalue weighted by molar-refractivity contribution is 0.124. The Kier molecular flexibility index (Phi) is 7.01. The summed E-state index contributed by atoms with van der Waals surface area (Å²) in [5, 5.41) is 12.9. The lowest BCUT2D eigenvalue weighted by Crippen LogP contribution is -2.31. The number of aliphatic hydroxyl groups is 1. The summed E-state index contributed by atoms with van der Waals surface area (Å²) < 4.78 is 0. The molecule has 0 unspecified atom stereocenters. The third-order valence-electron chi connectivity index (χ3n) is 9.85. The van der Waals surface area contributed by atoms with Crippen LogP contribution in [-0.2, 0) is 5.60 Å². The summed E-state index contributed by atoms with van der Waals surface area (Å²) >= 11 is 0. The number of rotatable bonds is 1. The minimum Gasteiger partial charge on any atom is -0.376 e. The van der Waals surface area contributed by atoms with Crippen LogP contribution in [0.25, 0.3) is 55.6 Å². The molecule has 1 nitrogen and oxygen atoms in total. The Morgan fingerprint density at radius 3 is 0.723 bits per heavy atom. The zero-order chi connectivity index (χ0) is 32.1. The van der Waals surface area contributed by atoms with Crippen molar-refractivity contribution in [2.75, 3.05) is 0 Å². The van der Waals surface area contributed by atoms with Gasteiger partial charge in [0.15, 0.2) is 0 Å². The Balaban J connectivity index is 1.30. The number of hydrogen-bond acceptors (Lipinski definition) is 1. The van der Waals surface area contributed by atoms with Crippen molar-refractivity contribution in [2.45, 2.75) is 26.4 Å². The number of aryl methyl sites for hydroxylation is 3. The molecule has 1 heteroatoms. The van der Waals surface area contributed by atoms with Crippen LogP contribution in [0.2, 0.25) is 0 Å². The highest BCUT2D eigenvalue weighted by Crippen LogP contribution is 2.42. The van der Waals surface area contributed by atoms with Crippen molar-refractivity contribution in [1.82, 2.24) is 0 Å². The Labute approximate surface area is 277 Å². The second kappa shape index (κ2) is 11.4. The summed E-state index contributed by atoms with van der Waals surface area (Å²) in [5.74, 6) is 0. The largest absolute Gasteiger partial charge is 0.376 e. The number of hydrogen-bond donors (Lipinski definition) is 1. The van der Waals surface area contributed by atoms with Gasteiger partial charge < -0.3 is 5.11 Å². The summed E-state index contributed by atoms with van der Waals surface area (Å²) in [6, 6.07) is 56.3. The van der Waals surface area contributed by atoms with Gasteiger partial charge in [0.05, 0.1) is 0 Å². The van der Waals surface area contributed by atoms with Crippen molar-refractivity contribution in [3.8, 4) is 55.6 Å². The molecule has 226 valence electrons. The Morgan fingerprint density at radius 1 is 0.319 bits per heavy atom. The van der Waals surface area contributed by atoms with Crippen molar-refractivity contribution in [1.29, 1.82) is 0 Å². The highest BCUT2D eigenvalue weighted by atomic mass is 16.3. The average Bonchev–Trinajstić information content (AvgIpc) is 3.11. The van der Waals surface area contributed by atoms with E-state index in [1.54, 1.807) is 0 Å². The van der Waals surface area contributed by atoms with Crippen molar-refractivity contribution in [3.63, 3.8) is 0 Å². The van der Waals surface area contributed by atoms with Crippen molar-refractivity contribution in [3.05, 3.63) is 191 Å². The second-order valence-corrected chi connectivity index (χ2v) is 12.9. The Bertz CT molecular complexity index is 2050. The number of benzene rings is 7. The molecule has 0 heterocycles. The van der Waals surface area contributed by atoms with Crippen LogP contribution in [0.5, 0.6) is 0 Å². The molecule has 1 N–H and O–H groups in total. The maximum absolute atomic E-state index is 12.9. The van der Waals surface area contributed by atoms with E-state index in [2.05, 4.69) is 178 Å². The first kappa shape index (κ1) is 28.9. The van der Waals surface area contributed by atoms with Gasteiger partial charge in [-0.25, -0.2) is 0 Å². The van der Waals surface area contributed by atoms with E-state index in [1.807, 2.05) is 0 Å². The Morgan fingerprint density at radius 2 is 0.511 bits per heavy atom. The molecule has 0 saturated heterocycles. The standard InChI is InChI=1S/C46H36O/c1-30-28-31(2)45(32(3)29-30)46(47)43-24-20-41(21-25-43)39-16-12-37(13-17-39)35-8-4-33(5-9-35)34-6-10-36(11-7-34)38-14-18-40(19-15-38)42-22-26-44(46)27-23-42/h4-29,47H,1-3H3. The zero-order valence-electron chi connectivity index (χ0n) is 27.0. The summed E-state index contributed by atoms with van der Waals surface area (Å²) in [4.78, 5) is 0. The van der Waals surface area contributed by atoms with Crippen LogP contribution in [0.3, 0.4) is 0 Å². The zero-order valence-corrected chi connectivity index (χ0v) is 27.0. The van der Waals surface area contributed by atoms with E-state index in [-0.39, 0.29) is 0 Å². The summed E-state index contributed by atoms with van der Waals surface area (Å²) in [7, 11) is 0. The van der Waals surface area contributed by atoms with Gasteiger partial charge in [-0.15, -0.1) is 0 Å². The molecule has 10 aliphatic rings. The van der Waals surface area contributed by atoms with Crippen LogP contribution in [-0.4, -0.2) is 5.11 Å². The van der Waals surface area contributed by atoms with Gasteiger partial charge in [-0.3, -0.25) is 0 Å². The second-order valence-electron chi connectivity index (χ2n) is 12.9. The molecule has 0 atom stereocenters. The molecular formula is C46H36O. The molecule has 7 aromatic rings. The van der Waals surface area contributed by atoms with Crippen molar-refractivity contribution in [2.24, 2.45) is 0 Å². The van der Waals surface area contributed by atoms with Crippen LogP contribution in [0.4, 0.5) is 0 Å². The Hall–Kier alpha value is -5.50. The van der Waals surface area contributed by atoms with E-state index < -0.39 is 5.60 Å². The van der Waals surface area contributed by atoms with Gasteiger partial charge >= 0.3 is 0 Å². The van der Waals surface area contributed by atoms with Gasteiger partial charge in [0.2, 0.25) is 0 Å². The fourth-order valence-electron chi connectivity index (χ4n) is 7.43. The smallest absolute Gasteiger partial charge is 0.141 e. The highest BCUT2D eigenvalue weighted by Gasteiger charge is 2.36. The van der Waals surface area contributed by atoms with Gasteiger partial charge in [0, 0.05) is 0 Å². The minimum absolute atomic E-state index is 0.849. The van der Waals surface area contributed by atoms with Gasteiger partial charge in [-0.1, -0.05) is 163 Å². The molecule has 0 saturated carbocycles. The predicted octanol–water partition coefficient (Wildman–Crippen LogP) is 11.5. The highest BCUT2D eigenvalue weighted by molar-refractivity contribution is 5.76. The van der Waals surface area contributed by atoms with E-state index in [4.69, 9.17) is 0 Å². The lowest BCUT2D eigenvalue weighted by atomic mass is 9.75. The van der Waals surface area contributed by atoms with Crippen molar-refractivity contribution >= 4 is 0 Å². The van der Waals surface area contributed by atoms with Gasteiger partial charge in [0.25, 0.3) is 0 Å². The summed E-state index contributed by atoms with van der Waals surface area (Å²) in [6.45, 7) is 6.32. The topological polar surface area (TPSA) is 20.2 Å². The molecule has 7 aromatic carbocycles. The molecule has 0 aliphatic heterocycles. The normalized spacial score (nSPS) is 12.9. The molecule has 0 fully saturated rings. The summed E-state index contributed by atoms with van der Waals surface area (Å²) in [6.07, 6.45) is 0. The predicted molar refractivity (Wildman–Crippen MR) is 196 cm³/mol. The first-order valence-corrected chi connectivity index (χ1v) is 16.3. The van der Waals surface area contributed by atoms with E-state index >= 15 is 0 Å². The molecule has 10 aliphatic carbocycles. The average molecular weight is 605 g/mol. The van der Waals surface area contributed by atoms with Crippen LogP contribution in [0.15, 0.2) is 158 Å². The van der Waals surface area contributed by atoms with E-state index in [9.17, 15) is 5.11 Å². The van der Waals surface area contributed by atoms with E-state index in [1.165, 1.54) is 38.9 Å². The molecule has 12 bridgehead atoms. The third-order valence-corrected chi connectivity index (χ3v) is 9.85. The van der Waals surface area contributed by atoms with Crippen LogP contribution in [0.1, 0.15) is 33.4 Å². The lowest BCUT2D eigenvalue weighted by Gasteiger charge is -2.33. The molecule has 0 radical (unpaired) electrons. The monoisotopic (exact) mass is 604 g/mol. The van der Waals surface area contributed by atoms with E-state index in [0.717, 1.165) is 50.1 Å². The molecule has 47 heavy (non-hydrogen) atoms. The SMILES string of the molecule is Cc1cc(C)c(C2(O)c3ccc(cc3)-c3ccc(cc3)-c3ccc(cc3)-c3ccc(cc3)-c3ccc(cc3)-c3ccc2cc3)c(C)c1. The molecule has 0 spiro atoms. The van der Waals surface area contributed by atoms with E-state index in [0.29, 0.717) is 0 Å². The summed E-state index contributed by atoms with van der Waals surface area (Å²) in [5.41, 5.74) is 16.3. The van der Waals surface area contributed by atoms with Gasteiger partial charge in [0.1, 0.15) is 5.60 Å². The molecule has 17 rings (SSSR count). The molecular weight excluding hydrogens is 569 g/mol. The van der Waals surface area contributed by atoms with Crippen LogP contribution < -0.4 is 0 Å². The quantitative estimate of drug-likeness (QED) is 0.198. The van der Waals surface area contributed by atoms with Gasteiger partial charge in [-0.05, 0) is 104 Å². The molecule has 0 amide bonds. The first-order valence-electron chi connectivity index (χ1n) is 16.3. The van der Waals surface area contributed by atoms with Crippen LogP contribution >= 0.6 is 0 Å². The maximum atomic E-state index is 12.9. The fourth-order valence-corrected chi connectivity index (χ4v) is 7.43. The maximum Gasteiger partial charge on any atom is 0.141 e.